The van der Waals surface area contributed by atoms with Gasteiger partial charge in [-0.2, -0.15) is 0 Å². The van der Waals surface area contributed by atoms with E-state index in [-0.39, 0.29) is 5.41 Å². The molecule has 0 fully saturated rings. The summed E-state index contributed by atoms with van der Waals surface area (Å²) in [7, 11) is 0. The Hall–Kier alpha value is -6.84. The summed E-state index contributed by atoms with van der Waals surface area (Å²) in [5.74, 6) is 0. The van der Waals surface area contributed by atoms with Crippen LogP contribution in [0.4, 0.5) is 17.1 Å². The molecule has 0 saturated carbocycles. The summed E-state index contributed by atoms with van der Waals surface area (Å²) in [6.07, 6.45) is 0. The lowest BCUT2D eigenvalue weighted by molar-refractivity contribution is 0.660. The molecule has 0 N–H and O–H groups in total. The molecule has 2 heterocycles. The summed E-state index contributed by atoms with van der Waals surface area (Å²) < 4.78 is 12.9. The van der Waals surface area contributed by atoms with Crippen molar-refractivity contribution in [2.75, 3.05) is 4.90 Å². The van der Waals surface area contributed by atoms with Crippen LogP contribution in [0.5, 0.6) is 0 Å². The first-order chi connectivity index (χ1) is 26.5. The van der Waals surface area contributed by atoms with E-state index in [1.54, 1.807) is 0 Å². The number of para-hydroxylation sites is 1. The normalized spacial score (nSPS) is 13.1. The van der Waals surface area contributed by atoms with E-state index in [1.807, 2.05) is 12.1 Å². The van der Waals surface area contributed by atoms with Gasteiger partial charge in [0.25, 0.3) is 0 Å². The Morgan fingerprint density at radius 2 is 1.04 bits per heavy atom. The number of benzene rings is 8. The van der Waals surface area contributed by atoms with Crippen LogP contribution in [0.2, 0.25) is 0 Å². The number of furan rings is 2. The highest BCUT2D eigenvalue weighted by molar-refractivity contribution is 6.15. The molecule has 54 heavy (non-hydrogen) atoms. The Morgan fingerprint density at radius 3 is 1.85 bits per heavy atom. The third kappa shape index (κ3) is 4.61. The molecule has 0 amide bonds. The van der Waals surface area contributed by atoms with Crippen LogP contribution in [0.25, 0.3) is 77.3 Å². The number of nitrogens with zero attached hydrogens (tertiary/aromatic N) is 1. The van der Waals surface area contributed by atoms with Gasteiger partial charge in [0, 0.05) is 32.9 Å². The second kappa shape index (κ2) is 11.6. The van der Waals surface area contributed by atoms with E-state index in [2.05, 4.69) is 183 Å². The molecule has 0 atom stereocenters. The van der Waals surface area contributed by atoms with E-state index in [4.69, 9.17) is 8.83 Å². The minimum absolute atomic E-state index is 0.186. The fraction of sp³-hybridized carbons (Fsp3) is 0.0588. The average Bonchev–Trinajstić information content (AvgIpc) is 3.86. The van der Waals surface area contributed by atoms with Crippen LogP contribution in [0.15, 0.2) is 185 Å². The van der Waals surface area contributed by atoms with Gasteiger partial charge in [-0.05, 0) is 111 Å². The van der Waals surface area contributed by atoms with Gasteiger partial charge in [0.1, 0.15) is 22.3 Å². The van der Waals surface area contributed by atoms with Crippen LogP contribution in [0.3, 0.4) is 0 Å². The summed E-state index contributed by atoms with van der Waals surface area (Å²) in [5, 5.41) is 4.36. The smallest absolute Gasteiger partial charge is 0.137 e. The van der Waals surface area contributed by atoms with E-state index in [1.165, 1.54) is 38.9 Å². The second-order valence-electron chi connectivity index (χ2n) is 14.9. The number of hydrogen-bond acceptors (Lipinski definition) is 3. The first kappa shape index (κ1) is 30.8. The van der Waals surface area contributed by atoms with Crippen LogP contribution in [0.1, 0.15) is 25.0 Å². The van der Waals surface area contributed by atoms with Gasteiger partial charge in [0.05, 0.1) is 11.1 Å². The third-order valence-corrected chi connectivity index (χ3v) is 11.5. The van der Waals surface area contributed by atoms with E-state index in [0.717, 1.165) is 66.5 Å². The Balaban J connectivity index is 1.13. The van der Waals surface area contributed by atoms with Gasteiger partial charge in [-0.15, -0.1) is 0 Å². The molecule has 3 heteroatoms. The van der Waals surface area contributed by atoms with Gasteiger partial charge >= 0.3 is 0 Å². The van der Waals surface area contributed by atoms with Crippen LogP contribution >= 0.6 is 0 Å². The molecular weight excluding hydrogens is 659 g/mol. The average molecular weight is 694 g/mol. The second-order valence-corrected chi connectivity index (χ2v) is 14.9. The molecule has 11 rings (SSSR count). The number of fused-ring (bicyclic) bond motifs is 9. The van der Waals surface area contributed by atoms with E-state index in [9.17, 15) is 0 Å². The predicted molar refractivity (Wildman–Crippen MR) is 224 cm³/mol. The first-order valence-corrected chi connectivity index (χ1v) is 18.6. The van der Waals surface area contributed by atoms with Crippen molar-refractivity contribution in [3.05, 3.63) is 187 Å². The van der Waals surface area contributed by atoms with Crippen molar-refractivity contribution in [1.29, 1.82) is 0 Å². The van der Waals surface area contributed by atoms with Crippen LogP contribution in [-0.4, -0.2) is 0 Å². The maximum absolute atomic E-state index is 6.65. The van der Waals surface area contributed by atoms with Crippen molar-refractivity contribution in [3.63, 3.8) is 0 Å². The fourth-order valence-corrected chi connectivity index (χ4v) is 8.77. The minimum Gasteiger partial charge on any atom is -0.456 e. The first-order valence-electron chi connectivity index (χ1n) is 18.6. The Bertz CT molecular complexity index is 3080. The number of anilines is 3. The molecule has 3 nitrogen and oxygen atoms in total. The molecule has 0 aliphatic heterocycles. The summed E-state index contributed by atoms with van der Waals surface area (Å²) in [6, 6.07) is 63.0. The molecule has 1 aliphatic rings. The van der Waals surface area contributed by atoms with Crippen molar-refractivity contribution < 1.29 is 8.83 Å². The van der Waals surface area contributed by atoms with Gasteiger partial charge in [-0.3, -0.25) is 0 Å². The summed E-state index contributed by atoms with van der Waals surface area (Å²) in [5.41, 5.74) is 16.5. The maximum atomic E-state index is 6.65. The maximum Gasteiger partial charge on any atom is 0.137 e. The lowest BCUT2D eigenvalue weighted by atomic mass is 9.82. The zero-order chi connectivity index (χ0) is 36.0. The topological polar surface area (TPSA) is 29.5 Å². The van der Waals surface area contributed by atoms with Crippen molar-refractivity contribution in [2.24, 2.45) is 0 Å². The van der Waals surface area contributed by atoms with Gasteiger partial charge in [0.15, 0.2) is 0 Å². The SMILES string of the molecule is CC1(C)c2ccc(-c3ccccc3)cc2-c2ccc(N(c3ccc4oc5ccccc5c4c3)c3cccc4oc5cc(-c6ccccc6)ccc5c34)cc21. The predicted octanol–water partition coefficient (Wildman–Crippen LogP) is 14.6. The molecule has 2 aromatic heterocycles. The Morgan fingerprint density at radius 1 is 0.389 bits per heavy atom. The van der Waals surface area contributed by atoms with Gasteiger partial charge in [0.2, 0.25) is 0 Å². The molecule has 0 saturated heterocycles. The van der Waals surface area contributed by atoms with Crippen molar-refractivity contribution in [2.45, 2.75) is 19.3 Å². The number of rotatable bonds is 5. The highest BCUT2D eigenvalue weighted by Gasteiger charge is 2.36. The number of hydrogen-bond donors (Lipinski definition) is 0. The lowest BCUT2D eigenvalue weighted by Gasteiger charge is -2.28. The summed E-state index contributed by atoms with van der Waals surface area (Å²) in [6.45, 7) is 4.71. The largest absolute Gasteiger partial charge is 0.456 e. The Kier molecular flexibility index (Phi) is 6.60. The highest BCUT2D eigenvalue weighted by atomic mass is 16.3. The Labute approximate surface area is 313 Å². The van der Waals surface area contributed by atoms with Crippen LogP contribution in [-0.2, 0) is 5.41 Å². The standard InChI is InChI=1S/C51H35NO2/c1-51(2)43-26-21-34(32-12-5-3-6-13-32)28-41(43)38-25-22-37(31-44(38)51)52(36-23-27-47-42(30-36)39-16-9-10-18-46(39)53-47)45-17-11-19-48-50(45)40-24-20-35(29-49(40)54-48)33-14-7-4-8-15-33/h3-31H,1-2H3. The van der Waals surface area contributed by atoms with Crippen molar-refractivity contribution in [1.82, 2.24) is 0 Å². The molecule has 1 aliphatic carbocycles. The lowest BCUT2D eigenvalue weighted by Crippen LogP contribution is -2.16. The molecule has 10 aromatic rings. The van der Waals surface area contributed by atoms with E-state index < -0.39 is 0 Å². The molecule has 0 unspecified atom stereocenters. The zero-order valence-corrected chi connectivity index (χ0v) is 30.0. The van der Waals surface area contributed by atoms with Gasteiger partial charge in [-0.25, -0.2) is 0 Å². The van der Waals surface area contributed by atoms with E-state index in [0.29, 0.717) is 0 Å². The zero-order valence-electron chi connectivity index (χ0n) is 30.0. The monoisotopic (exact) mass is 693 g/mol. The molecule has 256 valence electrons. The van der Waals surface area contributed by atoms with Gasteiger partial charge in [-0.1, -0.05) is 123 Å². The van der Waals surface area contributed by atoms with Crippen molar-refractivity contribution >= 4 is 60.9 Å². The minimum atomic E-state index is -0.186. The fourth-order valence-electron chi connectivity index (χ4n) is 8.77. The molecule has 8 aromatic carbocycles. The molecule has 0 spiro atoms. The molecule has 0 radical (unpaired) electrons. The van der Waals surface area contributed by atoms with Crippen LogP contribution in [0, 0.1) is 0 Å². The van der Waals surface area contributed by atoms with Gasteiger partial charge < -0.3 is 13.7 Å². The third-order valence-electron chi connectivity index (χ3n) is 11.5. The summed E-state index contributed by atoms with van der Waals surface area (Å²) >= 11 is 0. The molecule has 0 bridgehead atoms. The highest BCUT2D eigenvalue weighted by Crippen LogP contribution is 2.52. The van der Waals surface area contributed by atoms with E-state index >= 15 is 0 Å². The van der Waals surface area contributed by atoms with Crippen LogP contribution < -0.4 is 4.90 Å². The molecular formula is C51H35NO2. The van der Waals surface area contributed by atoms with Crippen molar-refractivity contribution in [3.8, 4) is 33.4 Å². The summed E-state index contributed by atoms with van der Waals surface area (Å²) in [4.78, 5) is 2.40. The quantitative estimate of drug-likeness (QED) is 0.180.